The summed E-state index contributed by atoms with van der Waals surface area (Å²) in [5, 5.41) is 18.6. The molecule has 0 unspecified atom stereocenters. The zero-order valence-electron chi connectivity index (χ0n) is 15.0. The largest absolute Gasteiger partial charge is 1.00 e. The van der Waals surface area contributed by atoms with Gasteiger partial charge in [0.2, 0.25) is 0 Å². The molecule has 0 saturated heterocycles. The monoisotopic (exact) mass is 342 g/mol. The minimum absolute atomic E-state index is 0. The molecular weight excluding hydrogens is 317 g/mol. The second-order valence-electron chi connectivity index (χ2n) is 4.73. The molecule has 0 bridgehead atoms. The Morgan fingerprint density at radius 3 is 1.67 bits per heavy atom. The number of carboxylic acid groups (broad SMARTS) is 2. The zero-order valence-corrected chi connectivity index (χ0v) is 21.2. The first-order chi connectivity index (χ1) is 8.31. The van der Waals surface area contributed by atoms with E-state index in [-0.39, 0.29) is 122 Å². The van der Waals surface area contributed by atoms with E-state index in [9.17, 15) is 19.8 Å². The van der Waals surface area contributed by atoms with Crippen molar-refractivity contribution in [3.63, 3.8) is 0 Å². The maximum absolute atomic E-state index is 9.28. The molecule has 0 radical (unpaired) electrons. The van der Waals surface area contributed by atoms with Crippen LogP contribution in [0.4, 0.5) is 0 Å². The Morgan fingerprint density at radius 1 is 1.00 bits per heavy atom. The average Bonchev–Trinajstić information content (AvgIpc) is 2.22. The first kappa shape index (κ1) is 35.0. The molecule has 0 spiro atoms. The molecule has 0 fully saturated rings. The van der Waals surface area contributed by atoms with Gasteiger partial charge in [0.1, 0.15) is 0 Å². The summed E-state index contributed by atoms with van der Waals surface area (Å²) >= 11 is 0. The summed E-state index contributed by atoms with van der Waals surface area (Å²) in [6, 6.07) is 0. The predicted molar refractivity (Wildman–Crippen MR) is 67.1 cm³/mol. The number of carboxylic acids is 2. The molecule has 0 amide bonds. The van der Waals surface area contributed by atoms with Gasteiger partial charge in [0, 0.05) is 18.4 Å². The van der Waals surface area contributed by atoms with Crippen LogP contribution in [0.1, 0.15) is 66.2 Å². The molecule has 4 nitrogen and oxygen atoms in total. The van der Waals surface area contributed by atoms with Crippen molar-refractivity contribution in [3.8, 4) is 0 Å². The molecule has 0 heterocycles. The Hall–Kier alpha value is 2.81. The quantitative estimate of drug-likeness (QED) is 0.190. The maximum atomic E-state index is 9.28. The smallest absolute Gasteiger partial charge is 0.550 e. The van der Waals surface area contributed by atoms with Gasteiger partial charge in [-0.15, -0.1) is 0 Å². The van der Waals surface area contributed by atoms with Crippen LogP contribution in [0.2, 0.25) is 0 Å². The summed E-state index contributed by atoms with van der Waals surface area (Å²) in [5.74, 6) is -0.794. The van der Waals surface area contributed by atoms with Crippen LogP contribution < -0.4 is 132 Å². The van der Waals surface area contributed by atoms with Crippen molar-refractivity contribution in [2.75, 3.05) is 0 Å². The van der Waals surface area contributed by atoms with Gasteiger partial charge in [-0.05, 0) is 0 Å². The van der Waals surface area contributed by atoms with Crippen molar-refractivity contribution in [2.24, 2.45) is 5.92 Å². The standard InChI is InChI=1S/C11H23.C3H4O4.2K.Li/c1-5-6-7-8-9-11(4)10(2)3;4-2(5)1-3(6)7;;;/h10H,5-9H2,1-4H3;1H2,(H,4,5)(H,6,7);;;/q-1;;3*+1/p-2. The number of rotatable bonds is 8. The number of hydrogen-bond donors (Lipinski definition) is 0. The molecule has 0 rings (SSSR count). The topological polar surface area (TPSA) is 80.3 Å². The summed E-state index contributed by atoms with van der Waals surface area (Å²) in [5.41, 5.74) is 0. The summed E-state index contributed by atoms with van der Waals surface area (Å²) in [7, 11) is 0. The van der Waals surface area contributed by atoms with Gasteiger partial charge in [0.05, 0.1) is 0 Å². The van der Waals surface area contributed by atoms with E-state index in [0.29, 0.717) is 0 Å². The van der Waals surface area contributed by atoms with Crippen molar-refractivity contribution < 1.29 is 141 Å². The van der Waals surface area contributed by atoms with Crippen molar-refractivity contribution in [3.05, 3.63) is 5.92 Å². The number of hydrogen-bond acceptors (Lipinski definition) is 4. The van der Waals surface area contributed by atoms with E-state index < -0.39 is 18.4 Å². The van der Waals surface area contributed by atoms with Crippen molar-refractivity contribution in [1.29, 1.82) is 0 Å². The van der Waals surface area contributed by atoms with Crippen molar-refractivity contribution >= 4 is 11.9 Å². The van der Waals surface area contributed by atoms with Gasteiger partial charge in [-0.2, -0.15) is 19.3 Å². The number of carbonyl (C=O) groups is 2. The average molecular weight is 342 g/mol. The van der Waals surface area contributed by atoms with E-state index in [0.717, 1.165) is 5.92 Å². The van der Waals surface area contributed by atoms with E-state index >= 15 is 0 Å². The van der Waals surface area contributed by atoms with Gasteiger partial charge in [-0.1, -0.05) is 46.5 Å². The fourth-order valence-electron chi connectivity index (χ4n) is 1.24. The Labute approximate surface area is 227 Å². The van der Waals surface area contributed by atoms with Crippen LogP contribution in [0.15, 0.2) is 0 Å². The van der Waals surface area contributed by atoms with Gasteiger partial charge < -0.3 is 25.7 Å². The molecule has 0 N–H and O–H groups in total. The first-order valence-corrected chi connectivity index (χ1v) is 6.53. The first-order valence-electron chi connectivity index (χ1n) is 6.53. The van der Waals surface area contributed by atoms with Crippen LogP contribution in [0.5, 0.6) is 0 Å². The Bertz CT molecular complexity index is 227. The molecule has 0 aromatic carbocycles. The predicted octanol–water partition coefficient (Wildman–Crippen LogP) is -7.90. The van der Waals surface area contributed by atoms with E-state index in [4.69, 9.17) is 0 Å². The third-order valence-electron chi connectivity index (χ3n) is 2.70. The van der Waals surface area contributed by atoms with Gasteiger partial charge in [0.15, 0.2) is 0 Å². The van der Waals surface area contributed by atoms with Gasteiger partial charge in [-0.3, -0.25) is 0 Å². The number of unbranched alkanes of at least 4 members (excludes halogenated alkanes) is 3. The van der Waals surface area contributed by atoms with E-state index in [1.165, 1.54) is 32.1 Å². The molecule has 21 heavy (non-hydrogen) atoms. The number of aliphatic carboxylic acids is 2. The third-order valence-corrected chi connectivity index (χ3v) is 2.70. The molecule has 0 saturated carbocycles. The summed E-state index contributed by atoms with van der Waals surface area (Å²) in [4.78, 5) is 18.6. The third kappa shape index (κ3) is 35.0. The normalized spacial score (nSPS) is 8.67. The van der Waals surface area contributed by atoms with Crippen LogP contribution in [-0.2, 0) is 9.59 Å². The van der Waals surface area contributed by atoms with Crippen molar-refractivity contribution in [1.82, 2.24) is 0 Å². The Morgan fingerprint density at radius 2 is 1.43 bits per heavy atom. The molecule has 0 aliphatic rings. The maximum Gasteiger partial charge on any atom is 1.00 e. The second-order valence-corrected chi connectivity index (χ2v) is 4.73. The molecular formula is C14H25K2LiO4. The van der Waals surface area contributed by atoms with Crippen LogP contribution in [0.3, 0.4) is 0 Å². The SMILES string of the molecule is CCCCCC[C-](C)C(C)C.O=C([O-])CC(=O)[O-].[K+].[K+].[Li+]. The van der Waals surface area contributed by atoms with Gasteiger partial charge in [0.25, 0.3) is 0 Å². The van der Waals surface area contributed by atoms with E-state index in [1.54, 1.807) is 5.92 Å². The van der Waals surface area contributed by atoms with E-state index in [2.05, 4.69) is 27.7 Å². The summed E-state index contributed by atoms with van der Waals surface area (Å²) in [6.07, 6.45) is 5.89. The molecule has 0 aliphatic heterocycles. The minimum Gasteiger partial charge on any atom is -0.550 e. The zero-order chi connectivity index (χ0) is 14.6. The molecule has 0 aromatic rings. The summed E-state index contributed by atoms with van der Waals surface area (Å²) in [6.45, 7) is 9.12. The fourth-order valence-corrected chi connectivity index (χ4v) is 1.24. The molecule has 0 atom stereocenters. The van der Waals surface area contributed by atoms with Crippen molar-refractivity contribution in [2.45, 2.75) is 66.2 Å². The summed E-state index contributed by atoms with van der Waals surface area (Å²) < 4.78 is 0. The van der Waals surface area contributed by atoms with E-state index in [1.807, 2.05) is 0 Å². The Balaban J connectivity index is -0.0000000762. The molecule has 7 heteroatoms. The molecule has 0 aliphatic carbocycles. The fraction of sp³-hybridized carbons (Fsp3) is 0.786. The minimum atomic E-state index is -1.63. The van der Waals surface area contributed by atoms with Crippen LogP contribution in [0, 0.1) is 11.8 Å². The van der Waals surface area contributed by atoms with Crippen LogP contribution >= 0.6 is 0 Å². The molecule has 0 aromatic heterocycles. The second kappa shape index (κ2) is 25.1. The van der Waals surface area contributed by atoms with Gasteiger partial charge in [-0.25, -0.2) is 0 Å². The van der Waals surface area contributed by atoms with Gasteiger partial charge >= 0.3 is 122 Å². The van der Waals surface area contributed by atoms with Crippen LogP contribution in [-0.4, -0.2) is 11.9 Å². The van der Waals surface area contributed by atoms with Crippen LogP contribution in [0.25, 0.3) is 0 Å². The molecule has 108 valence electrons. The Kier molecular flexibility index (Phi) is 41.8. The number of carbonyl (C=O) groups excluding carboxylic acids is 2.